The Balaban J connectivity index is 2.22. The van der Waals surface area contributed by atoms with E-state index in [1.165, 1.54) is 4.90 Å². The predicted molar refractivity (Wildman–Crippen MR) is 68.9 cm³/mol. The molecule has 2 rings (SSSR count). The molecule has 0 heterocycles. The van der Waals surface area contributed by atoms with Crippen LogP contribution in [0.25, 0.3) is 0 Å². The first-order valence-electron chi connectivity index (χ1n) is 6.35. The van der Waals surface area contributed by atoms with Crippen molar-refractivity contribution in [3.05, 3.63) is 29.8 Å². The van der Waals surface area contributed by atoms with Gasteiger partial charge in [-0.3, -0.25) is 4.79 Å². The fourth-order valence-electron chi connectivity index (χ4n) is 2.09. The second kappa shape index (κ2) is 5.73. The molecule has 5 nitrogen and oxygen atoms in total. The molecule has 0 spiro atoms. The van der Waals surface area contributed by atoms with Crippen LogP contribution in [0.3, 0.4) is 0 Å². The fourth-order valence-corrected chi connectivity index (χ4v) is 2.09. The van der Waals surface area contributed by atoms with E-state index in [1.807, 2.05) is 6.92 Å². The molecule has 1 aliphatic carbocycles. The third kappa shape index (κ3) is 3.05. The number of rotatable bonds is 7. The molecule has 19 heavy (non-hydrogen) atoms. The van der Waals surface area contributed by atoms with E-state index in [0.29, 0.717) is 24.3 Å². The van der Waals surface area contributed by atoms with Gasteiger partial charge in [0.15, 0.2) is 6.04 Å². The molecule has 1 N–H and O–H groups in total. The summed E-state index contributed by atoms with van der Waals surface area (Å²) in [6.45, 7) is 2.44. The lowest BCUT2D eigenvalue weighted by atomic mass is 10.1. The van der Waals surface area contributed by atoms with Gasteiger partial charge in [0.05, 0.1) is 6.61 Å². The molecule has 0 bridgehead atoms. The highest BCUT2D eigenvalue weighted by Crippen LogP contribution is 2.33. The number of carboxylic acids is 1. The van der Waals surface area contributed by atoms with Crippen LogP contribution < -0.4 is 4.74 Å². The van der Waals surface area contributed by atoms with Crippen LogP contribution >= 0.6 is 0 Å². The summed E-state index contributed by atoms with van der Waals surface area (Å²) in [6, 6.07) is 5.99. The standard InChI is InChI=1S/C14H17NO4/c1-2-19-12-7-3-10(4-8-12)13(14(17)18)15(9-16)11-5-6-11/h3-4,7-9,11,13H,2,5-6H2,1H3,(H,17,18). The van der Waals surface area contributed by atoms with Gasteiger partial charge in [-0.15, -0.1) is 0 Å². The number of aliphatic carboxylic acids is 1. The van der Waals surface area contributed by atoms with Crippen LogP contribution in [0.2, 0.25) is 0 Å². The average Bonchev–Trinajstić information content (AvgIpc) is 3.21. The van der Waals surface area contributed by atoms with Gasteiger partial charge in [0.1, 0.15) is 5.75 Å². The van der Waals surface area contributed by atoms with E-state index in [4.69, 9.17) is 4.74 Å². The smallest absolute Gasteiger partial charge is 0.331 e. The topological polar surface area (TPSA) is 66.8 Å². The zero-order valence-corrected chi connectivity index (χ0v) is 10.8. The minimum absolute atomic E-state index is 0.0603. The second-order valence-electron chi connectivity index (χ2n) is 4.53. The molecule has 0 radical (unpaired) electrons. The number of hydrogen-bond donors (Lipinski definition) is 1. The number of amides is 1. The zero-order chi connectivity index (χ0) is 13.8. The summed E-state index contributed by atoms with van der Waals surface area (Å²) in [6.07, 6.45) is 2.38. The molecule has 1 saturated carbocycles. The Hall–Kier alpha value is -2.04. The zero-order valence-electron chi connectivity index (χ0n) is 10.8. The van der Waals surface area contributed by atoms with Crippen LogP contribution in [0, 0.1) is 0 Å². The van der Waals surface area contributed by atoms with Crippen molar-refractivity contribution in [3.63, 3.8) is 0 Å². The average molecular weight is 263 g/mol. The number of carbonyl (C=O) groups is 2. The van der Waals surface area contributed by atoms with Crippen molar-refractivity contribution < 1.29 is 19.4 Å². The van der Waals surface area contributed by atoms with Gasteiger partial charge in [-0.05, 0) is 37.5 Å². The van der Waals surface area contributed by atoms with Crippen molar-refractivity contribution >= 4 is 12.4 Å². The maximum absolute atomic E-state index is 11.4. The molecule has 0 saturated heterocycles. The quantitative estimate of drug-likeness (QED) is 0.762. The summed E-state index contributed by atoms with van der Waals surface area (Å²) in [7, 11) is 0. The van der Waals surface area contributed by atoms with Gasteiger partial charge in [-0.1, -0.05) is 12.1 Å². The van der Waals surface area contributed by atoms with Crippen LogP contribution in [-0.2, 0) is 9.59 Å². The van der Waals surface area contributed by atoms with Crippen LogP contribution in [-0.4, -0.2) is 35.0 Å². The van der Waals surface area contributed by atoms with Crippen molar-refractivity contribution in [3.8, 4) is 5.75 Å². The molecule has 1 fully saturated rings. The molecule has 0 aliphatic heterocycles. The maximum Gasteiger partial charge on any atom is 0.331 e. The highest BCUT2D eigenvalue weighted by Gasteiger charge is 2.37. The van der Waals surface area contributed by atoms with Gasteiger partial charge in [-0.2, -0.15) is 0 Å². The number of carboxylic acid groups (broad SMARTS) is 1. The van der Waals surface area contributed by atoms with Crippen LogP contribution in [0.15, 0.2) is 24.3 Å². The Morgan fingerprint density at radius 1 is 1.47 bits per heavy atom. The molecule has 1 unspecified atom stereocenters. The minimum Gasteiger partial charge on any atom is -0.494 e. The summed E-state index contributed by atoms with van der Waals surface area (Å²) in [4.78, 5) is 23.9. The van der Waals surface area contributed by atoms with Crippen molar-refractivity contribution in [2.75, 3.05) is 6.61 Å². The van der Waals surface area contributed by atoms with E-state index in [9.17, 15) is 14.7 Å². The van der Waals surface area contributed by atoms with Crippen molar-refractivity contribution in [2.45, 2.75) is 31.8 Å². The van der Waals surface area contributed by atoms with Crippen LogP contribution in [0.4, 0.5) is 0 Å². The summed E-state index contributed by atoms with van der Waals surface area (Å²) < 4.78 is 5.32. The summed E-state index contributed by atoms with van der Waals surface area (Å²) >= 11 is 0. The van der Waals surface area contributed by atoms with Gasteiger partial charge in [0.2, 0.25) is 6.41 Å². The highest BCUT2D eigenvalue weighted by molar-refractivity contribution is 5.78. The van der Waals surface area contributed by atoms with Gasteiger partial charge >= 0.3 is 5.97 Å². The SMILES string of the molecule is CCOc1ccc(C(C(=O)O)N(C=O)C2CC2)cc1. The molecule has 1 atom stereocenters. The van der Waals surface area contributed by atoms with Gasteiger partial charge in [-0.25, -0.2) is 4.79 Å². The molecule has 0 aromatic heterocycles. The first kappa shape index (κ1) is 13.4. The number of hydrogen-bond acceptors (Lipinski definition) is 3. The Labute approximate surface area is 111 Å². The van der Waals surface area contributed by atoms with Crippen LogP contribution in [0.1, 0.15) is 31.4 Å². The Bertz CT molecular complexity index is 453. The van der Waals surface area contributed by atoms with Crippen molar-refractivity contribution in [1.29, 1.82) is 0 Å². The van der Waals surface area contributed by atoms with Gasteiger partial charge < -0.3 is 14.7 Å². The molecule has 1 amide bonds. The number of benzene rings is 1. The minimum atomic E-state index is -1.01. The fraction of sp³-hybridized carbons (Fsp3) is 0.429. The van der Waals surface area contributed by atoms with E-state index in [-0.39, 0.29) is 6.04 Å². The van der Waals surface area contributed by atoms with E-state index in [1.54, 1.807) is 24.3 Å². The Morgan fingerprint density at radius 2 is 2.11 bits per heavy atom. The normalized spacial score (nSPS) is 15.6. The first-order valence-corrected chi connectivity index (χ1v) is 6.35. The lowest BCUT2D eigenvalue weighted by Gasteiger charge is -2.25. The predicted octanol–water partition coefficient (Wildman–Crippen LogP) is 1.83. The summed E-state index contributed by atoms with van der Waals surface area (Å²) in [5, 5.41) is 9.35. The van der Waals surface area contributed by atoms with E-state index in [0.717, 1.165) is 12.8 Å². The number of ether oxygens (including phenoxy) is 1. The van der Waals surface area contributed by atoms with Gasteiger partial charge in [0.25, 0.3) is 0 Å². The lowest BCUT2D eigenvalue weighted by Crippen LogP contribution is -2.34. The third-order valence-corrected chi connectivity index (χ3v) is 3.13. The number of carbonyl (C=O) groups excluding carboxylic acids is 1. The molecule has 1 aromatic carbocycles. The largest absolute Gasteiger partial charge is 0.494 e. The summed E-state index contributed by atoms with van der Waals surface area (Å²) in [5.41, 5.74) is 0.593. The molecule has 5 heteroatoms. The van der Waals surface area contributed by atoms with Crippen LogP contribution in [0.5, 0.6) is 5.75 Å². The molecular weight excluding hydrogens is 246 g/mol. The Morgan fingerprint density at radius 3 is 2.53 bits per heavy atom. The monoisotopic (exact) mass is 263 g/mol. The van der Waals surface area contributed by atoms with Gasteiger partial charge in [0, 0.05) is 6.04 Å². The first-order chi connectivity index (χ1) is 9.17. The maximum atomic E-state index is 11.4. The molecule has 1 aliphatic rings. The lowest BCUT2D eigenvalue weighted by molar-refractivity contribution is -0.147. The van der Waals surface area contributed by atoms with E-state index in [2.05, 4.69) is 0 Å². The molecule has 102 valence electrons. The van der Waals surface area contributed by atoms with Crippen molar-refractivity contribution in [1.82, 2.24) is 4.90 Å². The highest BCUT2D eigenvalue weighted by atomic mass is 16.5. The molecular formula is C14H17NO4. The second-order valence-corrected chi connectivity index (χ2v) is 4.53. The van der Waals surface area contributed by atoms with Crippen molar-refractivity contribution in [2.24, 2.45) is 0 Å². The summed E-state index contributed by atoms with van der Waals surface area (Å²) in [5.74, 6) is -0.317. The van der Waals surface area contributed by atoms with E-state index < -0.39 is 12.0 Å². The van der Waals surface area contributed by atoms with E-state index >= 15 is 0 Å². The molecule has 1 aromatic rings. The third-order valence-electron chi connectivity index (χ3n) is 3.13. The Kier molecular flexibility index (Phi) is 4.04. The number of nitrogens with zero attached hydrogens (tertiary/aromatic N) is 1.